The van der Waals surface area contributed by atoms with Gasteiger partial charge in [0.1, 0.15) is 12.1 Å². The van der Waals surface area contributed by atoms with Crippen molar-refractivity contribution in [3.05, 3.63) is 0 Å². The summed E-state index contributed by atoms with van der Waals surface area (Å²) in [6.45, 7) is 13.2. The number of ether oxygens (including phenoxy) is 2. The van der Waals surface area contributed by atoms with Crippen LogP contribution in [-0.2, 0) is 28.7 Å². The molecule has 0 radical (unpaired) electrons. The number of carbonyl (C=O) groups excluding carboxylic acids is 4. The van der Waals surface area contributed by atoms with E-state index in [1.165, 1.54) is 0 Å². The first-order valence-electron chi connectivity index (χ1n) is 18.3. The predicted molar refractivity (Wildman–Crippen MR) is 198 cm³/mol. The van der Waals surface area contributed by atoms with Gasteiger partial charge in [-0.3, -0.25) is 19.2 Å². The topological polar surface area (TPSA) is 162 Å². The highest BCUT2D eigenvalue weighted by Crippen LogP contribution is 2.30. The van der Waals surface area contributed by atoms with Gasteiger partial charge in [0.2, 0.25) is 23.6 Å². The van der Waals surface area contributed by atoms with Gasteiger partial charge in [0.15, 0.2) is 5.96 Å². The van der Waals surface area contributed by atoms with Crippen molar-refractivity contribution in [2.75, 3.05) is 69.1 Å². The summed E-state index contributed by atoms with van der Waals surface area (Å²) in [5.74, 6) is -0.762. The van der Waals surface area contributed by atoms with Gasteiger partial charge < -0.3 is 45.4 Å². The number of hydrogen-bond donors (Lipinski definition) is 3. The first-order chi connectivity index (χ1) is 23.5. The predicted octanol–water partition coefficient (Wildman–Crippen LogP) is 1.77. The molecule has 0 aromatic rings. The molecule has 1 heterocycles. The van der Waals surface area contributed by atoms with E-state index in [0.717, 1.165) is 12.8 Å². The van der Waals surface area contributed by atoms with Gasteiger partial charge in [0.05, 0.1) is 36.6 Å². The molecule has 0 spiro atoms. The van der Waals surface area contributed by atoms with Crippen LogP contribution in [0.4, 0.5) is 0 Å². The summed E-state index contributed by atoms with van der Waals surface area (Å²) >= 11 is 0. The molecular formula is C36H70N8O6. The van der Waals surface area contributed by atoms with E-state index in [1.54, 1.807) is 38.0 Å². The molecule has 0 aliphatic carbocycles. The summed E-state index contributed by atoms with van der Waals surface area (Å²) < 4.78 is 11.9. The van der Waals surface area contributed by atoms with Crippen molar-refractivity contribution in [1.29, 1.82) is 0 Å². The van der Waals surface area contributed by atoms with E-state index < -0.39 is 30.2 Å². The zero-order valence-corrected chi connectivity index (χ0v) is 33.3. The standard InChI is InChI=1S/C36H70N8O6/c1-14-24(5)31(43(11)35(48)30(23(3)4)40-36(41(7)8)42(9)10)28(49-12)22-29(45)44-21-16-18-27(44)32(50-13)25(6)33(46)39-26(15-2)34(47)38-20-17-19-37/h23-28,30-32H,14-22,37H2,1-13H3,(H,38,47)(H,39,46)/t24-,25+,26-,27-,28+,30-,31-,32+/m0/s1. The normalized spacial score (nSPS) is 18.7. The number of nitrogens with one attached hydrogen (secondary N) is 2. The van der Waals surface area contributed by atoms with Crippen LogP contribution in [0.15, 0.2) is 4.99 Å². The quantitative estimate of drug-likeness (QED) is 0.0972. The van der Waals surface area contributed by atoms with Crippen LogP contribution in [0.2, 0.25) is 0 Å². The van der Waals surface area contributed by atoms with Gasteiger partial charge in [-0.15, -0.1) is 0 Å². The van der Waals surface area contributed by atoms with Crippen molar-refractivity contribution < 1.29 is 28.7 Å². The van der Waals surface area contributed by atoms with Gasteiger partial charge in [-0.05, 0) is 44.1 Å². The van der Waals surface area contributed by atoms with E-state index in [-0.39, 0.29) is 54.0 Å². The van der Waals surface area contributed by atoms with Crippen LogP contribution in [0.5, 0.6) is 0 Å². The van der Waals surface area contributed by atoms with E-state index in [2.05, 4.69) is 24.5 Å². The van der Waals surface area contributed by atoms with Crippen molar-refractivity contribution in [3.8, 4) is 0 Å². The number of hydrogen-bond acceptors (Lipinski definition) is 8. The second kappa shape index (κ2) is 22.1. The molecule has 8 atom stereocenters. The second-order valence-corrected chi connectivity index (χ2v) is 14.4. The number of amides is 4. The fraction of sp³-hybridized carbons (Fsp3) is 0.861. The average Bonchev–Trinajstić information content (AvgIpc) is 3.55. The third-order valence-electron chi connectivity index (χ3n) is 9.92. The minimum absolute atomic E-state index is 0.0319. The van der Waals surface area contributed by atoms with Crippen molar-refractivity contribution in [2.24, 2.45) is 28.5 Å². The van der Waals surface area contributed by atoms with Crippen LogP contribution in [0.3, 0.4) is 0 Å². The molecule has 1 rings (SSSR count). The molecule has 290 valence electrons. The zero-order valence-electron chi connectivity index (χ0n) is 33.3. The number of aliphatic imine (C=N–C) groups is 1. The number of carbonyl (C=O) groups is 4. The lowest BCUT2D eigenvalue weighted by atomic mass is 9.89. The van der Waals surface area contributed by atoms with Crippen LogP contribution >= 0.6 is 0 Å². The average molecular weight is 711 g/mol. The minimum atomic E-state index is -0.681. The highest BCUT2D eigenvalue weighted by atomic mass is 16.5. The van der Waals surface area contributed by atoms with E-state index in [4.69, 9.17) is 20.2 Å². The largest absolute Gasteiger partial charge is 0.379 e. The molecule has 4 amide bonds. The van der Waals surface area contributed by atoms with E-state index in [9.17, 15) is 19.2 Å². The maximum Gasteiger partial charge on any atom is 0.247 e. The Labute approximate surface area is 302 Å². The summed E-state index contributed by atoms with van der Waals surface area (Å²) in [4.78, 5) is 66.5. The molecule has 0 unspecified atom stereocenters. The first kappa shape index (κ1) is 45.1. The van der Waals surface area contributed by atoms with Gasteiger partial charge >= 0.3 is 0 Å². The zero-order chi connectivity index (χ0) is 38.3. The number of nitrogens with two attached hydrogens (primary N) is 1. The molecule has 1 saturated heterocycles. The second-order valence-electron chi connectivity index (χ2n) is 14.4. The molecule has 14 nitrogen and oxygen atoms in total. The summed E-state index contributed by atoms with van der Waals surface area (Å²) in [5, 5.41) is 5.70. The smallest absolute Gasteiger partial charge is 0.247 e. The molecule has 4 N–H and O–H groups in total. The summed E-state index contributed by atoms with van der Waals surface area (Å²) in [7, 11) is 12.5. The SMILES string of the molecule is CC[C@H](NC(=O)[C@H](C)[C@@H](OC)[C@@H]1CCCN1C(=O)C[C@@H](OC)[C@H]([C@@H](C)CC)N(C)C(=O)[C@@H](N=C(N(C)C)N(C)C)C(C)C)C(=O)NCCCN. The Morgan fingerprint density at radius 2 is 1.56 bits per heavy atom. The molecule has 14 heteroatoms. The Kier molecular flexibility index (Phi) is 19.9. The third-order valence-corrected chi connectivity index (χ3v) is 9.92. The molecule has 1 aliphatic rings. The monoisotopic (exact) mass is 711 g/mol. The fourth-order valence-electron chi connectivity index (χ4n) is 6.85. The number of likely N-dealkylation sites (tertiary alicyclic amines) is 1. The Morgan fingerprint density at radius 1 is 0.940 bits per heavy atom. The van der Waals surface area contributed by atoms with Gasteiger partial charge in [-0.2, -0.15) is 0 Å². The molecule has 0 aromatic heterocycles. The van der Waals surface area contributed by atoms with Crippen molar-refractivity contribution in [1.82, 2.24) is 30.2 Å². The van der Waals surface area contributed by atoms with Gasteiger partial charge in [-0.1, -0.05) is 48.0 Å². The Balaban J connectivity index is 3.26. The number of nitrogens with zero attached hydrogens (tertiary/aromatic N) is 5. The number of rotatable bonds is 20. The molecular weight excluding hydrogens is 640 g/mol. The van der Waals surface area contributed by atoms with Gasteiger partial charge in [0, 0.05) is 62.5 Å². The Morgan fingerprint density at radius 3 is 2.04 bits per heavy atom. The van der Waals surface area contributed by atoms with E-state index in [0.29, 0.717) is 44.9 Å². The lowest BCUT2D eigenvalue weighted by Crippen LogP contribution is -2.55. The number of likely N-dealkylation sites (N-methyl/N-ethyl adjacent to an activating group) is 1. The number of methoxy groups -OCH3 is 2. The molecule has 0 aromatic carbocycles. The first-order valence-corrected chi connectivity index (χ1v) is 18.3. The van der Waals surface area contributed by atoms with Gasteiger partial charge in [0.25, 0.3) is 0 Å². The fourth-order valence-corrected chi connectivity index (χ4v) is 6.85. The lowest BCUT2D eigenvalue weighted by molar-refractivity contribution is -0.146. The van der Waals surface area contributed by atoms with Crippen molar-refractivity contribution in [3.63, 3.8) is 0 Å². The van der Waals surface area contributed by atoms with Crippen LogP contribution < -0.4 is 16.4 Å². The molecule has 1 fully saturated rings. The van der Waals surface area contributed by atoms with Crippen LogP contribution in [0.1, 0.15) is 80.1 Å². The minimum Gasteiger partial charge on any atom is -0.379 e. The van der Waals surface area contributed by atoms with Crippen LogP contribution in [-0.4, -0.2) is 155 Å². The lowest BCUT2D eigenvalue weighted by Gasteiger charge is -2.40. The van der Waals surface area contributed by atoms with Crippen molar-refractivity contribution in [2.45, 2.75) is 116 Å². The Bertz CT molecular complexity index is 1090. The summed E-state index contributed by atoms with van der Waals surface area (Å²) in [6, 6.07) is -2.02. The maximum absolute atomic E-state index is 14.2. The van der Waals surface area contributed by atoms with E-state index in [1.807, 2.05) is 58.8 Å². The summed E-state index contributed by atoms with van der Waals surface area (Å²) in [6.07, 6.45) is 2.22. The molecule has 0 bridgehead atoms. The van der Waals surface area contributed by atoms with Crippen LogP contribution in [0.25, 0.3) is 0 Å². The van der Waals surface area contributed by atoms with Gasteiger partial charge in [-0.25, -0.2) is 4.99 Å². The third kappa shape index (κ3) is 12.4. The maximum atomic E-state index is 14.2. The summed E-state index contributed by atoms with van der Waals surface area (Å²) in [5.41, 5.74) is 5.54. The van der Waals surface area contributed by atoms with Crippen LogP contribution in [0, 0.1) is 17.8 Å². The number of guanidine groups is 1. The molecule has 0 saturated carbocycles. The van der Waals surface area contributed by atoms with E-state index >= 15 is 0 Å². The van der Waals surface area contributed by atoms with Crippen molar-refractivity contribution >= 4 is 29.6 Å². The Hall–Kier alpha value is -2.97. The molecule has 1 aliphatic heterocycles. The highest BCUT2D eigenvalue weighted by Gasteiger charge is 2.43. The molecule has 50 heavy (non-hydrogen) atoms. The highest BCUT2D eigenvalue weighted by molar-refractivity contribution is 5.89.